The standard InChI is InChI=1S/C16H16BrNO4/c1-4-6-21-15-13(17)8-11(9-14(15)20-5-2)7-12-10(3)18-22-16(12)19/h4,7-9H,1,5-6H2,2-3H3/b12-7+. The van der Waals surface area contributed by atoms with Gasteiger partial charge in [0.25, 0.3) is 0 Å². The van der Waals surface area contributed by atoms with E-state index < -0.39 is 5.97 Å². The van der Waals surface area contributed by atoms with Crippen LogP contribution in [0.2, 0.25) is 0 Å². The third kappa shape index (κ3) is 3.57. The molecule has 2 rings (SSSR count). The maximum absolute atomic E-state index is 11.6. The van der Waals surface area contributed by atoms with Crippen LogP contribution in [0.5, 0.6) is 11.5 Å². The number of carbonyl (C=O) groups excluding carboxylic acids is 1. The van der Waals surface area contributed by atoms with Crippen molar-refractivity contribution in [2.24, 2.45) is 5.16 Å². The number of halogens is 1. The van der Waals surface area contributed by atoms with E-state index in [9.17, 15) is 4.79 Å². The summed E-state index contributed by atoms with van der Waals surface area (Å²) in [7, 11) is 0. The first-order chi connectivity index (χ1) is 10.6. The highest BCUT2D eigenvalue weighted by molar-refractivity contribution is 9.10. The van der Waals surface area contributed by atoms with Gasteiger partial charge in [0, 0.05) is 0 Å². The van der Waals surface area contributed by atoms with E-state index in [1.165, 1.54) is 0 Å². The Labute approximate surface area is 137 Å². The monoisotopic (exact) mass is 365 g/mol. The van der Waals surface area contributed by atoms with Crippen molar-refractivity contribution >= 4 is 33.7 Å². The Morgan fingerprint density at radius 3 is 2.77 bits per heavy atom. The molecule has 0 aliphatic carbocycles. The zero-order chi connectivity index (χ0) is 16.1. The Morgan fingerprint density at radius 1 is 1.41 bits per heavy atom. The minimum atomic E-state index is -0.460. The van der Waals surface area contributed by atoms with Crippen molar-refractivity contribution in [3.8, 4) is 11.5 Å². The Bertz CT molecular complexity index is 664. The summed E-state index contributed by atoms with van der Waals surface area (Å²) in [4.78, 5) is 16.2. The van der Waals surface area contributed by atoms with Crippen molar-refractivity contribution in [2.45, 2.75) is 13.8 Å². The molecular formula is C16H16BrNO4. The lowest BCUT2D eigenvalue weighted by Crippen LogP contribution is -2.03. The number of carbonyl (C=O) groups is 1. The Hall–Kier alpha value is -2.08. The smallest absolute Gasteiger partial charge is 0.367 e. The molecule has 0 radical (unpaired) electrons. The van der Waals surface area contributed by atoms with Gasteiger partial charge in [-0.05, 0) is 53.5 Å². The zero-order valence-electron chi connectivity index (χ0n) is 12.4. The normalized spacial score (nSPS) is 15.5. The fourth-order valence-electron chi connectivity index (χ4n) is 1.90. The Balaban J connectivity index is 2.41. The van der Waals surface area contributed by atoms with E-state index >= 15 is 0 Å². The molecule has 5 nitrogen and oxygen atoms in total. The van der Waals surface area contributed by atoms with Crippen molar-refractivity contribution in [2.75, 3.05) is 13.2 Å². The van der Waals surface area contributed by atoms with Crippen LogP contribution in [-0.4, -0.2) is 24.9 Å². The molecule has 1 aliphatic rings. The Kier molecular flexibility index (Phi) is 5.38. The molecule has 1 aromatic rings. The second-order valence-corrected chi connectivity index (χ2v) is 5.33. The van der Waals surface area contributed by atoms with Gasteiger partial charge < -0.3 is 14.3 Å². The van der Waals surface area contributed by atoms with Crippen LogP contribution in [0.3, 0.4) is 0 Å². The third-order valence-electron chi connectivity index (χ3n) is 2.86. The second kappa shape index (κ2) is 7.26. The maximum atomic E-state index is 11.6. The van der Waals surface area contributed by atoms with Gasteiger partial charge in [-0.3, -0.25) is 0 Å². The van der Waals surface area contributed by atoms with Crippen LogP contribution in [0.1, 0.15) is 19.4 Å². The molecule has 0 N–H and O–H groups in total. The average molecular weight is 366 g/mol. The fourth-order valence-corrected chi connectivity index (χ4v) is 2.48. The SMILES string of the molecule is C=CCOc1c(Br)cc(/C=C2/C(=O)ON=C2C)cc1OCC. The molecule has 6 heteroatoms. The maximum Gasteiger partial charge on any atom is 0.367 e. The largest absolute Gasteiger partial charge is 0.490 e. The molecule has 0 atom stereocenters. The number of hydrogen-bond donors (Lipinski definition) is 0. The van der Waals surface area contributed by atoms with E-state index in [4.69, 9.17) is 9.47 Å². The van der Waals surface area contributed by atoms with E-state index in [2.05, 4.69) is 32.5 Å². The summed E-state index contributed by atoms with van der Waals surface area (Å²) in [6.45, 7) is 8.11. The lowest BCUT2D eigenvalue weighted by atomic mass is 10.1. The average Bonchev–Trinajstić information content (AvgIpc) is 2.79. The number of benzene rings is 1. The van der Waals surface area contributed by atoms with Crippen LogP contribution < -0.4 is 9.47 Å². The van der Waals surface area contributed by atoms with Gasteiger partial charge in [0.1, 0.15) is 6.61 Å². The minimum absolute atomic E-state index is 0.372. The van der Waals surface area contributed by atoms with Crippen molar-refractivity contribution in [3.05, 3.63) is 40.4 Å². The predicted octanol–water partition coefficient (Wildman–Crippen LogP) is 3.73. The molecule has 1 aliphatic heterocycles. The highest BCUT2D eigenvalue weighted by Gasteiger charge is 2.22. The molecule has 0 saturated carbocycles. The van der Waals surface area contributed by atoms with Gasteiger partial charge in [-0.2, -0.15) is 0 Å². The first-order valence-electron chi connectivity index (χ1n) is 6.74. The topological polar surface area (TPSA) is 57.1 Å². The number of hydrogen-bond acceptors (Lipinski definition) is 5. The molecule has 22 heavy (non-hydrogen) atoms. The third-order valence-corrected chi connectivity index (χ3v) is 3.45. The molecule has 0 fully saturated rings. The van der Waals surface area contributed by atoms with Crippen LogP contribution in [0.25, 0.3) is 6.08 Å². The van der Waals surface area contributed by atoms with Gasteiger partial charge in [0.2, 0.25) is 0 Å². The molecule has 116 valence electrons. The van der Waals surface area contributed by atoms with Crippen molar-refractivity contribution < 1.29 is 19.1 Å². The number of ether oxygens (including phenoxy) is 2. The molecule has 0 aromatic heterocycles. The first kappa shape index (κ1) is 16.3. The van der Waals surface area contributed by atoms with Crippen molar-refractivity contribution in [1.82, 2.24) is 0 Å². The highest BCUT2D eigenvalue weighted by Crippen LogP contribution is 2.37. The summed E-state index contributed by atoms with van der Waals surface area (Å²) in [5.41, 5.74) is 1.75. The van der Waals surface area contributed by atoms with Gasteiger partial charge in [0.15, 0.2) is 11.5 Å². The molecule has 0 amide bonds. The minimum Gasteiger partial charge on any atom is -0.490 e. The summed E-state index contributed by atoms with van der Waals surface area (Å²) in [6, 6.07) is 3.64. The lowest BCUT2D eigenvalue weighted by Gasteiger charge is -2.13. The van der Waals surface area contributed by atoms with Crippen molar-refractivity contribution in [1.29, 1.82) is 0 Å². The van der Waals surface area contributed by atoms with Crippen molar-refractivity contribution in [3.63, 3.8) is 0 Å². The van der Waals surface area contributed by atoms with Gasteiger partial charge in [-0.15, -0.1) is 0 Å². The number of oxime groups is 1. The van der Waals surface area contributed by atoms with Gasteiger partial charge in [0.05, 0.1) is 22.4 Å². The first-order valence-corrected chi connectivity index (χ1v) is 7.54. The summed E-state index contributed by atoms with van der Waals surface area (Å²) < 4.78 is 11.9. The van der Waals surface area contributed by atoms with E-state index in [0.717, 1.165) is 10.0 Å². The summed E-state index contributed by atoms with van der Waals surface area (Å²) >= 11 is 3.46. The molecule has 0 unspecified atom stereocenters. The van der Waals surface area contributed by atoms with Gasteiger partial charge in [-0.1, -0.05) is 17.8 Å². The number of nitrogens with zero attached hydrogens (tertiary/aromatic N) is 1. The van der Waals surface area contributed by atoms with Crippen LogP contribution in [-0.2, 0) is 9.63 Å². The van der Waals surface area contributed by atoms with Crippen LogP contribution >= 0.6 is 15.9 Å². The second-order valence-electron chi connectivity index (χ2n) is 4.48. The van der Waals surface area contributed by atoms with E-state index in [1.54, 1.807) is 25.1 Å². The Morgan fingerprint density at radius 2 is 2.18 bits per heavy atom. The molecule has 1 aromatic carbocycles. The highest BCUT2D eigenvalue weighted by atomic mass is 79.9. The van der Waals surface area contributed by atoms with Crippen LogP contribution in [0.15, 0.2) is 40.0 Å². The predicted molar refractivity (Wildman–Crippen MR) is 88.2 cm³/mol. The van der Waals surface area contributed by atoms with Gasteiger partial charge >= 0.3 is 5.97 Å². The quantitative estimate of drug-likeness (QED) is 0.437. The molecule has 0 bridgehead atoms. The molecular weight excluding hydrogens is 350 g/mol. The van der Waals surface area contributed by atoms with Crippen LogP contribution in [0.4, 0.5) is 0 Å². The summed E-state index contributed by atoms with van der Waals surface area (Å²) in [5, 5.41) is 3.65. The fraction of sp³-hybridized carbons (Fsp3) is 0.250. The lowest BCUT2D eigenvalue weighted by molar-refractivity contribution is -0.136. The zero-order valence-corrected chi connectivity index (χ0v) is 14.0. The van der Waals surface area contributed by atoms with Crippen LogP contribution in [0, 0.1) is 0 Å². The summed E-state index contributed by atoms with van der Waals surface area (Å²) in [6.07, 6.45) is 3.37. The van der Waals surface area contributed by atoms with E-state index in [0.29, 0.717) is 36.0 Å². The van der Waals surface area contributed by atoms with Gasteiger partial charge in [-0.25, -0.2) is 4.79 Å². The molecule has 1 heterocycles. The van der Waals surface area contributed by atoms with E-state index in [-0.39, 0.29) is 0 Å². The molecule has 0 spiro atoms. The summed E-state index contributed by atoms with van der Waals surface area (Å²) in [5.74, 6) is 0.730. The number of rotatable bonds is 6. The molecule has 0 saturated heterocycles. The van der Waals surface area contributed by atoms with E-state index in [1.807, 2.05) is 13.0 Å².